The molecule has 102 valence electrons. The van der Waals surface area contributed by atoms with Gasteiger partial charge in [-0.3, -0.25) is 0 Å². The van der Waals surface area contributed by atoms with Gasteiger partial charge in [-0.25, -0.2) is 13.1 Å². The molecular formula is C13H17N3O2S. The smallest absolute Gasteiger partial charge is 0.242 e. The van der Waals surface area contributed by atoms with E-state index in [1.807, 2.05) is 31.2 Å². The molecule has 0 saturated carbocycles. The van der Waals surface area contributed by atoms with Gasteiger partial charge >= 0.3 is 0 Å². The Morgan fingerprint density at radius 1 is 1.32 bits per heavy atom. The van der Waals surface area contributed by atoms with Gasteiger partial charge in [0.2, 0.25) is 10.0 Å². The maximum Gasteiger partial charge on any atom is 0.242 e. The third-order valence-corrected chi connectivity index (χ3v) is 4.34. The number of aromatic nitrogens is 1. The van der Waals surface area contributed by atoms with Crippen molar-refractivity contribution in [3.05, 3.63) is 53.3 Å². The fraction of sp³-hybridized carbons (Fsp3) is 0.231. The predicted octanol–water partition coefficient (Wildman–Crippen LogP) is 1.26. The quantitative estimate of drug-likeness (QED) is 0.770. The molecule has 4 N–H and O–H groups in total. The molecule has 2 rings (SSSR count). The Kier molecular flexibility index (Phi) is 4.04. The zero-order chi connectivity index (χ0) is 13.9. The first-order chi connectivity index (χ1) is 9.03. The Morgan fingerprint density at radius 3 is 2.68 bits per heavy atom. The Bertz CT molecular complexity index is 662. The van der Waals surface area contributed by atoms with Crippen LogP contribution < -0.4 is 10.5 Å². The standard InChI is InChI=1S/C13H17N3O2S/c1-10-4-2-3-5-11(10)8-16-19(17,18)13-6-12(7-14)15-9-13/h2-6,9,15-16H,7-8,14H2,1H3. The zero-order valence-corrected chi connectivity index (χ0v) is 11.5. The average molecular weight is 279 g/mol. The molecule has 0 aliphatic heterocycles. The zero-order valence-electron chi connectivity index (χ0n) is 10.7. The molecule has 0 aliphatic rings. The molecule has 0 fully saturated rings. The molecule has 0 atom stereocenters. The van der Waals surface area contributed by atoms with Crippen LogP contribution in [0.2, 0.25) is 0 Å². The molecule has 0 radical (unpaired) electrons. The summed E-state index contributed by atoms with van der Waals surface area (Å²) in [6.45, 7) is 2.51. The molecular weight excluding hydrogens is 262 g/mol. The second-order valence-corrected chi connectivity index (χ2v) is 6.08. The van der Waals surface area contributed by atoms with E-state index in [2.05, 4.69) is 9.71 Å². The number of hydrogen-bond acceptors (Lipinski definition) is 3. The molecule has 1 aromatic carbocycles. The number of benzene rings is 1. The van der Waals surface area contributed by atoms with Crippen LogP contribution in [0.1, 0.15) is 16.8 Å². The van der Waals surface area contributed by atoms with Crippen molar-refractivity contribution >= 4 is 10.0 Å². The van der Waals surface area contributed by atoms with Crippen LogP contribution in [-0.4, -0.2) is 13.4 Å². The molecule has 5 nitrogen and oxygen atoms in total. The van der Waals surface area contributed by atoms with Gasteiger partial charge in [-0.15, -0.1) is 0 Å². The minimum Gasteiger partial charge on any atom is -0.363 e. The molecule has 0 amide bonds. The number of sulfonamides is 1. The van der Waals surface area contributed by atoms with Crippen molar-refractivity contribution in [3.63, 3.8) is 0 Å². The molecule has 0 bridgehead atoms. The molecule has 1 heterocycles. The summed E-state index contributed by atoms with van der Waals surface area (Å²) >= 11 is 0. The van der Waals surface area contributed by atoms with Gasteiger partial charge in [-0.1, -0.05) is 24.3 Å². The van der Waals surface area contributed by atoms with Crippen LogP contribution in [0.15, 0.2) is 41.4 Å². The summed E-state index contributed by atoms with van der Waals surface area (Å²) in [7, 11) is -3.50. The van der Waals surface area contributed by atoms with E-state index in [-0.39, 0.29) is 18.0 Å². The fourth-order valence-corrected chi connectivity index (χ4v) is 2.78. The average Bonchev–Trinajstić information content (AvgIpc) is 2.87. The highest BCUT2D eigenvalue weighted by Crippen LogP contribution is 2.12. The van der Waals surface area contributed by atoms with Gasteiger partial charge in [0.05, 0.1) is 4.90 Å². The second kappa shape index (κ2) is 5.56. The van der Waals surface area contributed by atoms with E-state index in [9.17, 15) is 8.42 Å². The second-order valence-electron chi connectivity index (χ2n) is 4.32. The summed E-state index contributed by atoms with van der Waals surface area (Å²) in [6.07, 6.45) is 1.45. The summed E-state index contributed by atoms with van der Waals surface area (Å²) in [5.41, 5.74) is 8.15. The van der Waals surface area contributed by atoms with E-state index < -0.39 is 10.0 Å². The van der Waals surface area contributed by atoms with E-state index >= 15 is 0 Å². The van der Waals surface area contributed by atoms with Gasteiger partial charge < -0.3 is 10.7 Å². The predicted molar refractivity (Wildman–Crippen MR) is 73.9 cm³/mol. The van der Waals surface area contributed by atoms with Crippen LogP contribution in [0.25, 0.3) is 0 Å². The summed E-state index contributed by atoms with van der Waals surface area (Å²) in [4.78, 5) is 3.04. The van der Waals surface area contributed by atoms with Crippen LogP contribution in [0, 0.1) is 6.92 Å². The maximum absolute atomic E-state index is 12.1. The molecule has 0 saturated heterocycles. The number of rotatable bonds is 5. The molecule has 6 heteroatoms. The highest BCUT2D eigenvalue weighted by Gasteiger charge is 2.15. The third kappa shape index (κ3) is 3.23. The Labute approximate surface area is 112 Å². The summed E-state index contributed by atoms with van der Waals surface area (Å²) in [5, 5.41) is 0. The van der Waals surface area contributed by atoms with Crippen molar-refractivity contribution in [1.82, 2.24) is 9.71 Å². The number of aryl methyl sites for hydroxylation is 1. The largest absolute Gasteiger partial charge is 0.363 e. The molecule has 0 spiro atoms. The van der Waals surface area contributed by atoms with Crippen LogP contribution in [0.3, 0.4) is 0 Å². The number of nitrogens with one attached hydrogen (secondary N) is 2. The third-order valence-electron chi connectivity index (χ3n) is 2.96. The lowest BCUT2D eigenvalue weighted by Crippen LogP contribution is -2.23. The lowest BCUT2D eigenvalue weighted by Gasteiger charge is -2.07. The molecule has 0 unspecified atom stereocenters. The normalized spacial score (nSPS) is 11.7. The number of nitrogens with two attached hydrogens (primary N) is 1. The Morgan fingerprint density at radius 2 is 2.05 bits per heavy atom. The SMILES string of the molecule is Cc1ccccc1CNS(=O)(=O)c1c[nH]c(CN)c1. The topological polar surface area (TPSA) is 88.0 Å². The van der Waals surface area contributed by atoms with Gasteiger partial charge in [0, 0.05) is 25.0 Å². The van der Waals surface area contributed by atoms with Crippen LogP contribution in [-0.2, 0) is 23.1 Å². The van der Waals surface area contributed by atoms with E-state index in [1.54, 1.807) is 6.07 Å². The highest BCUT2D eigenvalue weighted by molar-refractivity contribution is 7.89. The number of aromatic amines is 1. The fourth-order valence-electron chi connectivity index (χ4n) is 1.76. The van der Waals surface area contributed by atoms with Crippen molar-refractivity contribution in [2.75, 3.05) is 0 Å². The van der Waals surface area contributed by atoms with Gasteiger partial charge in [0.15, 0.2) is 0 Å². The van der Waals surface area contributed by atoms with E-state index in [4.69, 9.17) is 5.73 Å². The lowest BCUT2D eigenvalue weighted by molar-refractivity contribution is 0.581. The minimum atomic E-state index is -3.50. The van der Waals surface area contributed by atoms with Crippen molar-refractivity contribution < 1.29 is 8.42 Å². The van der Waals surface area contributed by atoms with Crippen molar-refractivity contribution in [3.8, 4) is 0 Å². The van der Waals surface area contributed by atoms with Gasteiger partial charge in [0.1, 0.15) is 0 Å². The summed E-state index contributed by atoms with van der Waals surface area (Å²) < 4.78 is 26.7. The maximum atomic E-state index is 12.1. The number of H-pyrrole nitrogens is 1. The monoisotopic (exact) mass is 279 g/mol. The minimum absolute atomic E-state index is 0.210. The van der Waals surface area contributed by atoms with Crippen LogP contribution >= 0.6 is 0 Å². The summed E-state index contributed by atoms with van der Waals surface area (Å²) in [5.74, 6) is 0. The van der Waals surface area contributed by atoms with E-state index in [1.165, 1.54) is 6.20 Å². The van der Waals surface area contributed by atoms with E-state index in [0.29, 0.717) is 5.69 Å². The first-order valence-electron chi connectivity index (χ1n) is 5.94. The molecule has 2 aromatic rings. The molecule has 1 aromatic heterocycles. The number of hydrogen-bond donors (Lipinski definition) is 3. The van der Waals surface area contributed by atoms with Crippen molar-refractivity contribution in [1.29, 1.82) is 0 Å². The van der Waals surface area contributed by atoms with Crippen LogP contribution in [0.4, 0.5) is 0 Å². The van der Waals surface area contributed by atoms with Gasteiger partial charge in [-0.05, 0) is 24.1 Å². The van der Waals surface area contributed by atoms with Gasteiger partial charge in [-0.2, -0.15) is 0 Å². The van der Waals surface area contributed by atoms with E-state index in [0.717, 1.165) is 11.1 Å². The lowest BCUT2D eigenvalue weighted by atomic mass is 10.1. The molecule has 0 aliphatic carbocycles. The first kappa shape index (κ1) is 13.8. The summed E-state index contributed by atoms with van der Waals surface area (Å²) in [6, 6.07) is 9.21. The first-order valence-corrected chi connectivity index (χ1v) is 7.43. The van der Waals surface area contributed by atoms with Crippen LogP contribution in [0.5, 0.6) is 0 Å². The van der Waals surface area contributed by atoms with Gasteiger partial charge in [0.25, 0.3) is 0 Å². The van der Waals surface area contributed by atoms with Crippen molar-refractivity contribution in [2.24, 2.45) is 5.73 Å². The molecule has 19 heavy (non-hydrogen) atoms. The highest BCUT2D eigenvalue weighted by atomic mass is 32.2. The Hall–Kier alpha value is -1.63. The van der Waals surface area contributed by atoms with Crippen molar-refractivity contribution in [2.45, 2.75) is 24.9 Å². The Balaban J connectivity index is 2.12.